The van der Waals surface area contributed by atoms with Crippen LogP contribution in [0.3, 0.4) is 0 Å². The number of hydrogen-bond donors (Lipinski definition) is 3. The molecule has 0 bridgehead atoms. The van der Waals surface area contributed by atoms with Crippen LogP contribution in [0.5, 0.6) is 0 Å². The van der Waals surface area contributed by atoms with Crippen molar-refractivity contribution in [3.63, 3.8) is 0 Å². The molecular weight excluding hydrogens is 382 g/mol. The molecular formula is C22H23N5O3. The first-order valence-electron chi connectivity index (χ1n) is 9.82. The molecule has 2 amide bonds. The van der Waals surface area contributed by atoms with Gasteiger partial charge >= 0.3 is 5.69 Å². The Hall–Kier alpha value is -3.68. The number of hydrogen-bond acceptors (Lipinski definition) is 4. The van der Waals surface area contributed by atoms with Gasteiger partial charge in [-0.25, -0.2) is 9.80 Å². The van der Waals surface area contributed by atoms with E-state index in [1.54, 1.807) is 6.07 Å². The average Bonchev–Trinajstić information content (AvgIpc) is 3.09. The lowest BCUT2D eigenvalue weighted by atomic mass is 10.1. The third-order valence-corrected chi connectivity index (χ3v) is 5.28. The van der Waals surface area contributed by atoms with Crippen LogP contribution in [0.4, 0.5) is 5.69 Å². The van der Waals surface area contributed by atoms with Crippen LogP contribution in [0.15, 0.2) is 46.3 Å². The molecule has 1 aromatic heterocycles. The fraction of sp³-hybridized carbons (Fsp3) is 0.273. The molecule has 0 fully saturated rings. The molecule has 154 valence electrons. The number of carbonyl (C=O) groups excluding carboxylic acids is 2. The quantitative estimate of drug-likeness (QED) is 0.621. The van der Waals surface area contributed by atoms with Gasteiger partial charge in [-0.05, 0) is 55.7 Å². The zero-order valence-electron chi connectivity index (χ0n) is 17.1. The lowest BCUT2D eigenvalue weighted by molar-refractivity contribution is -0.119. The summed E-state index contributed by atoms with van der Waals surface area (Å²) >= 11 is 0. The third kappa shape index (κ3) is 3.76. The maximum Gasteiger partial charge on any atom is 0.323 e. The number of carbonyl (C=O) groups is 2. The number of benzene rings is 2. The molecule has 3 N–H and O–H groups in total. The minimum absolute atomic E-state index is 0.129. The number of aromatic amines is 2. The van der Waals surface area contributed by atoms with Crippen molar-refractivity contribution in [1.82, 2.24) is 15.3 Å². The molecule has 2 heterocycles. The summed E-state index contributed by atoms with van der Waals surface area (Å²) in [6.07, 6.45) is 0.521. The summed E-state index contributed by atoms with van der Waals surface area (Å²) in [7, 11) is 0. The van der Waals surface area contributed by atoms with Gasteiger partial charge in [-0.2, -0.15) is 5.10 Å². The van der Waals surface area contributed by atoms with Crippen molar-refractivity contribution in [2.24, 2.45) is 5.10 Å². The molecule has 3 aromatic rings. The number of H-pyrrole nitrogens is 2. The standard InChI is InChI=1S/C22H23N5O3/c1-12-4-5-13(2)19(10-12)27-20(28)9-8-17(26-27)21(29)23-14(3)15-6-7-16-18(11-15)25-22(30)24-16/h4-7,10-11,14H,8-9H2,1-3H3,(H,23,29)(H2,24,25,30). The molecule has 1 unspecified atom stereocenters. The number of amides is 2. The van der Waals surface area contributed by atoms with E-state index in [1.165, 1.54) is 5.01 Å². The number of nitrogens with zero attached hydrogens (tertiary/aromatic N) is 2. The lowest BCUT2D eigenvalue weighted by Crippen LogP contribution is -2.40. The Morgan fingerprint density at radius 2 is 1.83 bits per heavy atom. The zero-order chi connectivity index (χ0) is 21.4. The summed E-state index contributed by atoms with van der Waals surface area (Å²) < 4.78 is 0. The second kappa shape index (κ2) is 7.62. The van der Waals surface area contributed by atoms with E-state index in [0.29, 0.717) is 28.9 Å². The Morgan fingerprint density at radius 1 is 1.07 bits per heavy atom. The molecule has 8 nitrogen and oxygen atoms in total. The van der Waals surface area contributed by atoms with Gasteiger partial charge < -0.3 is 15.3 Å². The smallest absolute Gasteiger partial charge is 0.323 e. The number of aromatic nitrogens is 2. The van der Waals surface area contributed by atoms with Crippen LogP contribution < -0.4 is 16.0 Å². The summed E-state index contributed by atoms with van der Waals surface area (Å²) in [4.78, 5) is 42.1. The van der Waals surface area contributed by atoms with E-state index in [2.05, 4.69) is 20.4 Å². The van der Waals surface area contributed by atoms with Gasteiger partial charge in [0, 0.05) is 12.8 Å². The predicted octanol–water partition coefficient (Wildman–Crippen LogP) is 2.83. The van der Waals surface area contributed by atoms with E-state index >= 15 is 0 Å². The molecule has 0 aliphatic carbocycles. The molecule has 2 aromatic carbocycles. The number of nitrogens with one attached hydrogen (secondary N) is 3. The number of hydrazone groups is 1. The van der Waals surface area contributed by atoms with Gasteiger partial charge in [-0.15, -0.1) is 0 Å². The fourth-order valence-electron chi connectivity index (χ4n) is 3.54. The highest BCUT2D eigenvalue weighted by molar-refractivity contribution is 6.40. The van der Waals surface area contributed by atoms with Gasteiger partial charge in [-0.3, -0.25) is 9.59 Å². The molecule has 0 spiro atoms. The summed E-state index contributed by atoms with van der Waals surface area (Å²) in [5, 5.41) is 8.65. The minimum Gasteiger partial charge on any atom is -0.344 e. The molecule has 4 rings (SSSR count). The Balaban J connectivity index is 1.56. The fourth-order valence-corrected chi connectivity index (χ4v) is 3.54. The SMILES string of the molecule is Cc1ccc(C)c(N2N=C(C(=O)NC(C)c3ccc4[nH]c(=O)[nH]c4c3)CCC2=O)c1. The Labute approximate surface area is 173 Å². The van der Waals surface area contributed by atoms with Gasteiger partial charge in [0.25, 0.3) is 5.91 Å². The van der Waals surface area contributed by atoms with Crippen LogP contribution in [0.25, 0.3) is 11.0 Å². The first-order valence-corrected chi connectivity index (χ1v) is 9.82. The van der Waals surface area contributed by atoms with Crippen molar-refractivity contribution in [2.75, 3.05) is 5.01 Å². The zero-order valence-corrected chi connectivity index (χ0v) is 17.1. The second-order valence-corrected chi connectivity index (χ2v) is 7.62. The van der Waals surface area contributed by atoms with Crippen molar-refractivity contribution in [2.45, 2.75) is 39.7 Å². The molecule has 1 atom stereocenters. The number of fused-ring (bicyclic) bond motifs is 1. The topological polar surface area (TPSA) is 110 Å². The van der Waals surface area contributed by atoms with Crippen molar-refractivity contribution >= 4 is 34.2 Å². The number of imidazole rings is 1. The van der Waals surface area contributed by atoms with Crippen LogP contribution in [0.2, 0.25) is 0 Å². The van der Waals surface area contributed by atoms with Gasteiger partial charge in [0.1, 0.15) is 5.71 Å². The first kappa shape index (κ1) is 19.6. The van der Waals surface area contributed by atoms with Crippen molar-refractivity contribution in [1.29, 1.82) is 0 Å². The number of rotatable bonds is 4. The normalized spacial score (nSPS) is 15.2. The van der Waals surface area contributed by atoms with Crippen molar-refractivity contribution in [3.8, 4) is 0 Å². The molecule has 1 aliphatic heterocycles. The van der Waals surface area contributed by atoms with Crippen LogP contribution in [0.1, 0.15) is 42.5 Å². The molecule has 1 aliphatic rings. The van der Waals surface area contributed by atoms with E-state index in [9.17, 15) is 14.4 Å². The van der Waals surface area contributed by atoms with Crippen LogP contribution in [-0.4, -0.2) is 27.5 Å². The molecule has 0 radical (unpaired) electrons. The third-order valence-electron chi connectivity index (χ3n) is 5.28. The van der Waals surface area contributed by atoms with E-state index in [-0.39, 0.29) is 30.0 Å². The molecule has 30 heavy (non-hydrogen) atoms. The highest BCUT2D eigenvalue weighted by Gasteiger charge is 2.27. The van der Waals surface area contributed by atoms with Crippen LogP contribution >= 0.6 is 0 Å². The second-order valence-electron chi connectivity index (χ2n) is 7.62. The Bertz CT molecular complexity index is 1240. The molecule has 0 saturated heterocycles. The van der Waals surface area contributed by atoms with Crippen LogP contribution in [0, 0.1) is 13.8 Å². The van der Waals surface area contributed by atoms with Crippen molar-refractivity contribution < 1.29 is 9.59 Å². The summed E-state index contributed by atoms with van der Waals surface area (Å²) in [6, 6.07) is 11.0. The van der Waals surface area contributed by atoms with Crippen LogP contribution in [-0.2, 0) is 9.59 Å². The minimum atomic E-state index is -0.312. The van der Waals surface area contributed by atoms with E-state index in [1.807, 2.05) is 51.1 Å². The number of anilines is 1. The molecule has 8 heteroatoms. The predicted molar refractivity (Wildman–Crippen MR) is 116 cm³/mol. The summed E-state index contributed by atoms with van der Waals surface area (Å²) in [5.74, 6) is -0.442. The van der Waals surface area contributed by atoms with Gasteiger partial charge in [0.05, 0.1) is 22.8 Å². The van der Waals surface area contributed by atoms with E-state index in [0.717, 1.165) is 16.7 Å². The number of aryl methyl sites for hydroxylation is 2. The maximum absolute atomic E-state index is 12.8. The molecule has 0 saturated carbocycles. The average molecular weight is 405 g/mol. The lowest BCUT2D eigenvalue weighted by Gasteiger charge is -2.25. The van der Waals surface area contributed by atoms with E-state index in [4.69, 9.17) is 0 Å². The van der Waals surface area contributed by atoms with Gasteiger partial charge in [0.2, 0.25) is 5.91 Å². The highest BCUT2D eigenvalue weighted by atomic mass is 16.2. The highest BCUT2D eigenvalue weighted by Crippen LogP contribution is 2.26. The Morgan fingerprint density at radius 3 is 2.63 bits per heavy atom. The van der Waals surface area contributed by atoms with Gasteiger partial charge in [-0.1, -0.05) is 18.2 Å². The van der Waals surface area contributed by atoms with Gasteiger partial charge in [0.15, 0.2) is 0 Å². The van der Waals surface area contributed by atoms with E-state index < -0.39 is 0 Å². The Kier molecular flexibility index (Phi) is 4.99. The van der Waals surface area contributed by atoms with Crippen molar-refractivity contribution in [3.05, 3.63) is 63.6 Å². The largest absolute Gasteiger partial charge is 0.344 e. The monoisotopic (exact) mass is 405 g/mol. The first-order chi connectivity index (χ1) is 14.3. The summed E-state index contributed by atoms with van der Waals surface area (Å²) in [5.41, 5.74) is 4.92. The summed E-state index contributed by atoms with van der Waals surface area (Å²) in [6.45, 7) is 5.72. The maximum atomic E-state index is 12.8.